The number of guanidine groups is 1. The van der Waals surface area contributed by atoms with E-state index in [1.165, 1.54) is 23.3 Å². The summed E-state index contributed by atoms with van der Waals surface area (Å²) in [6, 6.07) is 11.2. The SMILES string of the molecule is CCNC(=NCc1ccccc1C)NCCc1cc(F)cc2c1OCOC2.I. The molecule has 5 nitrogen and oxygen atoms in total. The van der Waals surface area contributed by atoms with Gasteiger partial charge >= 0.3 is 0 Å². The number of rotatable bonds is 6. The molecule has 7 heteroatoms. The lowest BCUT2D eigenvalue weighted by atomic mass is 10.1. The molecule has 2 aromatic rings. The maximum atomic E-state index is 13.8. The zero-order valence-electron chi connectivity index (χ0n) is 16.3. The summed E-state index contributed by atoms with van der Waals surface area (Å²) in [5.74, 6) is 1.22. The molecule has 0 fully saturated rings. The highest BCUT2D eigenvalue weighted by Gasteiger charge is 2.16. The molecule has 2 aromatic carbocycles. The summed E-state index contributed by atoms with van der Waals surface area (Å²) in [7, 11) is 0. The van der Waals surface area contributed by atoms with Crippen LogP contribution in [0, 0.1) is 12.7 Å². The Hall–Kier alpha value is -1.87. The van der Waals surface area contributed by atoms with Crippen LogP contribution in [-0.2, 0) is 24.3 Å². The highest BCUT2D eigenvalue weighted by atomic mass is 127. The van der Waals surface area contributed by atoms with Gasteiger partial charge in [0.15, 0.2) is 12.8 Å². The predicted octanol–water partition coefficient (Wildman–Crippen LogP) is 3.92. The monoisotopic (exact) mass is 499 g/mol. The highest BCUT2D eigenvalue weighted by Crippen LogP contribution is 2.29. The van der Waals surface area contributed by atoms with Crippen molar-refractivity contribution in [2.75, 3.05) is 19.9 Å². The largest absolute Gasteiger partial charge is 0.467 e. The minimum absolute atomic E-state index is 0. The lowest BCUT2D eigenvalue weighted by Gasteiger charge is -2.21. The van der Waals surface area contributed by atoms with Crippen molar-refractivity contribution in [1.29, 1.82) is 0 Å². The average molecular weight is 499 g/mol. The molecule has 0 aromatic heterocycles. The zero-order chi connectivity index (χ0) is 19.1. The summed E-state index contributed by atoms with van der Waals surface area (Å²) in [4.78, 5) is 4.65. The van der Waals surface area contributed by atoms with Gasteiger partial charge in [0.2, 0.25) is 0 Å². The van der Waals surface area contributed by atoms with Crippen LogP contribution in [0.15, 0.2) is 41.4 Å². The van der Waals surface area contributed by atoms with Crippen molar-refractivity contribution in [3.8, 4) is 5.75 Å². The average Bonchev–Trinajstić information content (AvgIpc) is 2.67. The van der Waals surface area contributed by atoms with E-state index in [0.29, 0.717) is 26.1 Å². The molecule has 1 heterocycles. The Morgan fingerprint density at radius 1 is 1.18 bits per heavy atom. The van der Waals surface area contributed by atoms with Gasteiger partial charge in [0.1, 0.15) is 11.6 Å². The molecular formula is C21H27FIN3O2. The smallest absolute Gasteiger partial charge is 0.191 e. The first-order valence-electron chi connectivity index (χ1n) is 9.26. The van der Waals surface area contributed by atoms with E-state index in [0.717, 1.165) is 29.4 Å². The number of hydrogen-bond acceptors (Lipinski definition) is 3. The second-order valence-electron chi connectivity index (χ2n) is 6.46. The van der Waals surface area contributed by atoms with Gasteiger partial charge in [0.05, 0.1) is 13.2 Å². The fraction of sp³-hybridized carbons (Fsp3) is 0.381. The molecule has 0 aliphatic carbocycles. The number of ether oxygens (including phenoxy) is 2. The van der Waals surface area contributed by atoms with Crippen LogP contribution in [0.1, 0.15) is 29.2 Å². The number of aliphatic imine (C=N–C) groups is 1. The maximum absolute atomic E-state index is 13.8. The van der Waals surface area contributed by atoms with Crippen molar-refractivity contribution < 1.29 is 13.9 Å². The van der Waals surface area contributed by atoms with Crippen molar-refractivity contribution in [1.82, 2.24) is 10.6 Å². The van der Waals surface area contributed by atoms with Crippen LogP contribution in [0.3, 0.4) is 0 Å². The third-order valence-electron chi connectivity index (χ3n) is 4.45. The third kappa shape index (κ3) is 6.07. The van der Waals surface area contributed by atoms with E-state index in [2.05, 4.69) is 34.7 Å². The molecule has 1 aliphatic heterocycles. The van der Waals surface area contributed by atoms with E-state index in [1.54, 1.807) is 0 Å². The van der Waals surface area contributed by atoms with Gasteiger partial charge in [-0.2, -0.15) is 0 Å². The molecular weight excluding hydrogens is 472 g/mol. The molecule has 0 spiro atoms. The first kappa shape index (κ1) is 22.4. The first-order valence-corrected chi connectivity index (χ1v) is 9.26. The van der Waals surface area contributed by atoms with Crippen LogP contribution in [0.5, 0.6) is 5.75 Å². The van der Waals surface area contributed by atoms with Crippen LogP contribution in [0.2, 0.25) is 0 Å². The number of fused-ring (bicyclic) bond motifs is 1. The summed E-state index contributed by atoms with van der Waals surface area (Å²) in [5, 5.41) is 6.56. The topological polar surface area (TPSA) is 54.9 Å². The van der Waals surface area contributed by atoms with Crippen molar-refractivity contribution in [3.05, 3.63) is 64.5 Å². The van der Waals surface area contributed by atoms with Crippen LogP contribution < -0.4 is 15.4 Å². The Kier molecular flexibility index (Phi) is 8.98. The van der Waals surface area contributed by atoms with E-state index in [-0.39, 0.29) is 36.6 Å². The zero-order valence-corrected chi connectivity index (χ0v) is 18.6. The van der Waals surface area contributed by atoms with Crippen molar-refractivity contribution in [2.45, 2.75) is 33.4 Å². The number of nitrogens with zero attached hydrogens (tertiary/aromatic N) is 1. The Labute approximate surface area is 182 Å². The molecule has 3 rings (SSSR count). The minimum atomic E-state index is -0.266. The summed E-state index contributed by atoms with van der Waals surface area (Å²) in [6.07, 6.45) is 0.634. The van der Waals surface area contributed by atoms with Gasteiger partial charge in [-0.3, -0.25) is 0 Å². The third-order valence-corrected chi connectivity index (χ3v) is 4.45. The lowest BCUT2D eigenvalue weighted by Crippen LogP contribution is -2.38. The van der Waals surface area contributed by atoms with Crippen molar-refractivity contribution in [2.24, 2.45) is 4.99 Å². The number of halogens is 2. The number of hydrogen-bond donors (Lipinski definition) is 2. The number of aryl methyl sites for hydroxylation is 1. The number of nitrogens with one attached hydrogen (secondary N) is 2. The van der Waals surface area contributed by atoms with E-state index in [9.17, 15) is 4.39 Å². The molecule has 152 valence electrons. The summed E-state index contributed by atoms with van der Waals surface area (Å²) >= 11 is 0. The minimum Gasteiger partial charge on any atom is -0.467 e. The van der Waals surface area contributed by atoms with Crippen LogP contribution in [0.4, 0.5) is 4.39 Å². The van der Waals surface area contributed by atoms with E-state index in [4.69, 9.17) is 9.47 Å². The van der Waals surface area contributed by atoms with Gasteiger partial charge in [-0.1, -0.05) is 24.3 Å². The second kappa shape index (κ2) is 11.2. The van der Waals surface area contributed by atoms with Crippen molar-refractivity contribution >= 4 is 29.9 Å². The van der Waals surface area contributed by atoms with Crippen molar-refractivity contribution in [3.63, 3.8) is 0 Å². The molecule has 0 amide bonds. The Bertz CT molecular complexity index is 814. The lowest BCUT2D eigenvalue weighted by molar-refractivity contribution is -0.0172. The molecule has 28 heavy (non-hydrogen) atoms. The van der Waals surface area contributed by atoms with Gasteiger partial charge in [0.25, 0.3) is 0 Å². The van der Waals surface area contributed by atoms with Crippen LogP contribution in [0.25, 0.3) is 0 Å². The predicted molar refractivity (Wildman–Crippen MR) is 120 cm³/mol. The van der Waals surface area contributed by atoms with Gasteiger partial charge in [0, 0.05) is 18.7 Å². The summed E-state index contributed by atoms with van der Waals surface area (Å²) in [6.45, 7) is 6.71. The van der Waals surface area contributed by atoms with Crippen LogP contribution >= 0.6 is 24.0 Å². The van der Waals surface area contributed by atoms with Gasteiger partial charge in [-0.15, -0.1) is 24.0 Å². The fourth-order valence-electron chi connectivity index (χ4n) is 3.05. The normalized spacial score (nSPS) is 13.2. The first-order chi connectivity index (χ1) is 13.2. The van der Waals surface area contributed by atoms with Gasteiger partial charge in [-0.05, 0) is 49.1 Å². The molecule has 0 unspecified atom stereocenters. The molecule has 0 saturated carbocycles. The van der Waals surface area contributed by atoms with E-state index < -0.39 is 0 Å². The molecule has 1 aliphatic rings. The molecule has 0 atom stereocenters. The Balaban J connectivity index is 0.00000280. The van der Waals surface area contributed by atoms with E-state index >= 15 is 0 Å². The van der Waals surface area contributed by atoms with E-state index in [1.807, 2.05) is 19.1 Å². The second-order valence-corrected chi connectivity index (χ2v) is 6.46. The molecule has 0 bridgehead atoms. The maximum Gasteiger partial charge on any atom is 0.191 e. The Morgan fingerprint density at radius 2 is 2.00 bits per heavy atom. The van der Waals surface area contributed by atoms with Crippen LogP contribution in [-0.4, -0.2) is 25.8 Å². The Morgan fingerprint density at radius 3 is 2.79 bits per heavy atom. The van der Waals surface area contributed by atoms with Gasteiger partial charge in [-0.25, -0.2) is 9.38 Å². The summed E-state index contributed by atoms with van der Waals surface area (Å²) in [5.41, 5.74) is 4.03. The number of benzene rings is 2. The quantitative estimate of drug-likeness (QED) is 0.360. The standard InChI is InChI=1S/C21H26FN3O2.HI/c1-3-23-21(25-12-17-7-5-4-6-15(17)2)24-9-8-16-10-19(22)11-18-13-26-14-27-20(16)18;/h4-7,10-11H,3,8-9,12-14H2,1-2H3,(H2,23,24,25);1H. The molecule has 0 radical (unpaired) electrons. The summed E-state index contributed by atoms with van der Waals surface area (Å²) < 4.78 is 24.6. The molecule has 2 N–H and O–H groups in total. The fourth-order valence-corrected chi connectivity index (χ4v) is 3.05. The van der Waals surface area contributed by atoms with Gasteiger partial charge < -0.3 is 20.1 Å². The highest BCUT2D eigenvalue weighted by molar-refractivity contribution is 14.0. The molecule has 0 saturated heterocycles.